The summed E-state index contributed by atoms with van der Waals surface area (Å²) < 4.78 is 15.6. The largest absolute Gasteiger partial charge is 0.367 e. The Morgan fingerprint density at radius 2 is 2.07 bits per heavy atom. The predicted molar refractivity (Wildman–Crippen MR) is 116 cm³/mol. The Morgan fingerprint density at radius 3 is 2.87 bits per heavy atom. The molecule has 1 N–H and O–H groups in total. The van der Waals surface area contributed by atoms with Crippen LogP contribution < -0.4 is 0 Å². The Balaban J connectivity index is 1.41. The Hall–Kier alpha value is -3.38. The van der Waals surface area contributed by atoms with Gasteiger partial charge in [-0.3, -0.25) is 0 Å². The lowest BCUT2D eigenvalue weighted by Gasteiger charge is -2.24. The molecule has 0 saturated carbocycles. The molecule has 3 heterocycles. The molecule has 0 radical (unpaired) electrons. The number of allylic oxidation sites excluding steroid dienone is 2. The Morgan fingerprint density at radius 1 is 1.13 bits per heavy atom. The number of nitrogens with zero attached hydrogens (tertiary/aromatic N) is 4. The van der Waals surface area contributed by atoms with E-state index in [2.05, 4.69) is 32.0 Å². The Kier molecular flexibility index (Phi) is 4.85. The van der Waals surface area contributed by atoms with Crippen LogP contribution in [0.3, 0.4) is 0 Å². The second-order valence-corrected chi connectivity index (χ2v) is 7.71. The molecule has 0 amide bonds. The van der Waals surface area contributed by atoms with E-state index in [4.69, 9.17) is 11.6 Å². The molecule has 0 bridgehead atoms. The molecule has 0 spiro atoms. The number of benzene rings is 2. The first-order valence-corrected chi connectivity index (χ1v) is 10.0. The van der Waals surface area contributed by atoms with Gasteiger partial charge < -0.3 is 14.5 Å². The van der Waals surface area contributed by atoms with E-state index in [0.29, 0.717) is 11.6 Å². The molecule has 1 aliphatic heterocycles. The SMILES string of the molecule is Fc1cccc(Cn2cnc3ccc(C4=CCN(Cc5cnc[nH]5)C=C4Cl)cc32)c1. The van der Waals surface area contributed by atoms with Crippen LogP contribution in [0.25, 0.3) is 16.6 Å². The highest BCUT2D eigenvalue weighted by Crippen LogP contribution is 2.31. The van der Waals surface area contributed by atoms with Crippen LogP contribution in [0.15, 0.2) is 78.6 Å². The minimum atomic E-state index is -0.235. The number of nitrogens with one attached hydrogen (secondary N) is 1. The van der Waals surface area contributed by atoms with Crippen molar-refractivity contribution in [3.05, 3.63) is 101 Å². The molecule has 150 valence electrons. The third-order valence-corrected chi connectivity index (χ3v) is 5.49. The van der Waals surface area contributed by atoms with Crippen molar-refractivity contribution < 1.29 is 4.39 Å². The summed E-state index contributed by atoms with van der Waals surface area (Å²) in [6.07, 6.45) is 9.38. The van der Waals surface area contributed by atoms with Crippen molar-refractivity contribution in [1.82, 2.24) is 24.4 Å². The number of fused-ring (bicyclic) bond motifs is 1. The van der Waals surface area contributed by atoms with E-state index in [0.717, 1.165) is 46.5 Å². The fourth-order valence-electron chi connectivity index (χ4n) is 3.73. The molecule has 30 heavy (non-hydrogen) atoms. The number of aromatic amines is 1. The second kappa shape index (κ2) is 7.80. The van der Waals surface area contributed by atoms with Gasteiger partial charge in [-0.25, -0.2) is 14.4 Å². The van der Waals surface area contributed by atoms with Crippen molar-refractivity contribution in [2.24, 2.45) is 0 Å². The third-order valence-electron chi connectivity index (χ3n) is 5.19. The first-order valence-electron chi connectivity index (χ1n) is 9.64. The van der Waals surface area contributed by atoms with Crippen molar-refractivity contribution in [2.75, 3.05) is 6.54 Å². The van der Waals surface area contributed by atoms with Crippen LogP contribution in [0.1, 0.15) is 16.8 Å². The quantitative estimate of drug-likeness (QED) is 0.499. The van der Waals surface area contributed by atoms with E-state index in [9.17, 15) is 4.39 Å². The van der Waals surface area contributed by atoms with E-state index in [1.54, 1.807) is 24.8 Å². The summed E-state index contributed by atoms with van der Waals surface area (Å²) in [4.78, 5) is 13.8. The van der Waals surface area contributed by atoms with Crippen LogP contribution in [0.2, 0.25) is 0 Å². The molecule has 0 unspecified atom stereocenters. The molecular weight excluding hydrogens is 401 g/mol. The van der Waals surface area contributed by atoms with E-state index < -0.39 is 0 Å². The minimum absolute atomic E-state index is 0.235. The normalized spacial score (nSPS) is 14.1. The number of imidazole rings is 2. The van der Waals surface area contributed by atoms with Crippen LogP contribution in [0.5, 0.6) is 0 Å². The van der Waals surface area contributed by atoms with E-state index >= 15 is 0 Å². The summed E-state index contributed by atoms with van der Waals surface area (Å²) in [6, 6.07) is 12.8. The fraction of sp³-hybridized carbons (Fsp3) is 0.130. The summed E-state index contributed by atoms with van der Waals surface area (Å²) >= 11 is 6.63. The number of rotatable bonds is 5. The smallest absolute Gasteiger partial charge is 0.123 e. The monoisotopic (exact) mass is 419 g/mol. The van der Waals surface area contributed by atoms with Gasteiger partial charge in [0.15, 0.2) is 0 Å². The number of hydrogen-bond acceptors (Lipinski definition) is 3. The number of halogens is 2. The maximum absolute atomic E-state index is 13.5. The lowest BCUT2D eigenvalue weighted by Crippen LogP contribution is -2.20. The van der Waals surface area contributed by atoms with Crippen LogP contribution in [-0.4, -0.2) is 31.0 Å². The zero-order chi connectivity index (χ0) is 20.5. The highest BCUT2D eigenvalue weighted by Gasteiger charge is 2.15. The topological polar surface area (TPSA) is 49.7 Å². The van der Waals surface area contributed by atoms with Crippen LogP contribution in [-0.2, 0) is 13.1 Å². The number of aromatic nitrogens is 4. The summed E-state index contributed by atoms with van der Waals surface area (Å²) in [6.45, 7) is 2.03. The van der Waals surface area contributed by atoms with Gasteiger partial charge >= 0.3 is 0 Å². The van der Waals surface area contributed by atoms with Gasteiger partial charge in [0.05, 0.1) is 41.0 Å². The van der Waals surface area contributed by atoms with Gasteiger partial charge in [-0.05, 0) is 41.0 Å². The molecule has 2 aromatic carbocycles. The summed E-state index contributed by atoms with van der Waals surface area (Å²) in [5, 5.41) is 0.691. The molecule has 0 atom stereocenters. The summed E-state index contributed by atoms with van der Waals surface area (Å²) in [5.74, 6) is -0.235. The zero-order valence-corrected chi connectivity index (χ0v) is 16.9. The molecule has 4 aromatic rings. The van der Waals surface area contributed by atoms with Crippen LogP contribution in [0, 0.1) is 5.82 Å². The van der Waals surface area contributed by atoms with Crippen molar-refractivity contribution in [1.29, 1.82) is 0 Å². The molecular formula is C23H19ClFN5. The molecule has 7 heteroatoms. The van der Waals surface area contributed by atoms with Gasteiger partial charge in [0.2, 0.25) is 0 Å². The lowest BCUT2D eigenvalue weighted by atomic mass is 10.0. The van der Waals surface area contributed by atoms with Gasteiger partial charge in [0.1, 0.15) is 5.82 Å². The van der Waals surface area contributed by atoms with Gasteiger partial charge in [0.25, 0.3) is 0 Å². The lowest BCUT2D eigenvalue weighted by molar-refractivity contribution is 0.400. The molecule has 1 aliphatic rings. The summed E-state index contributed by atoms with van der Waals surface area (Å²) in [5.41, 5.74) is 5.85. The van der Waals surface area contributed by atoms with Gasteiger partial charge in [-0.1, -0.05) is 35.9 Å². The van der Waals surface area contributed by atoms with Crippen molar-refractivity contribution in [3.63, 3.8) is 0 Å². The van der Waals surface area contributed by atoms with E-state index in [1.165, 1.54) is 6.07 Å². The van der Waals surface area contributed by atoms with Crippen molar-refractivity contribution >= 4 is 28.2 Å². The average Bonchev–Trinajstić information content (AvgIpc) is 3.38. The second-order valence-electron chi connectivity index (χ2n) is 7.31. The predicted octanol–water partition coefficient (Wildman–Crippen LogP) is 4.93. The average molecular weight is 420 g/mol. The van der Waals surface area contributed by atoms with Crippen molar-refractivity contribution in [2.45, 2.75) is 13.1 Å². The first-order chi connectivity index (χ1) is 14.7. The fourth-order valence-corrected chi connectivity index (χ4v) is 4.05. The first kappa shape index (κ1) is 18.6. The maximum atomic E-state index is 13.5. The highest BCUT2D eigenvalue weighted by atomic mass is 35.5. The molecule has 0 saturated heterocycles. The number of hydrogen-bond donors (Lipinski definition) is 1. The third kappa shape index (κ3) is 3.74. The minimum Gasteiger partial charge on any atom is -0.367 e. The van der Waals surface area contributed by atoms with Crippen molar-refractivity contribution in [3.8, 4) is 0 Å². The van der Waals surface area contributed by atoms with E-state index in [-0.39, 0.29) is 5.82 Å². The Labute approximate surface area is 178 Å². The molecule has 0 fully saturated rings. The molecule has 5 nitrogen and oxygen atoms in total. The van der Waals surface area contributed by atoms with Gasteiger partial charge in [-0.15, -0.1) is 0 Å². The van der Waals surface area contributed by atoms with Crippen LogP contribution >= 0.6 is 11.6 Å². The summed E-state index contributed by atoms with van der Waals surface area (Å²) in [7, 11) is 0. The molecule has 5 rings (SSSR count). The molecule has 0 aliphatic carbocycles. The highest BCUT2D eigenvalue weighted by molar-refractivity contribution is 6.37. The van der Waals surface area contributed by atoms with Crippen LogP contribution in [0.4, 0.5) is 4.39 Å². The van der Waals surface area contributed by atoms with E-state index in [1.807, 2.05) is 35.2 Å². The Bertz CT molecular complexity index is 1260. The molecule has 2 aromatic heterocycles. The van der Waals surface area contributed by atoms with Gasteiger partial charge in [0, 0.05) is 25.5 Å². The number of H-pyrrole nitrogens is 1. The maximum Gasteiger partial charge on any atom is 0.123 e. The van der Waals surface area contributed by atoms with Gasteiger partial charge in [-0.2, -0.15) is 0 Å². The zero-order valence-electron chi connectivity index (χ0n) is 16.1. The standard InChI is InChI=1S/C23H19ClFN5/c24-21-13-29(12-19-10-26-14-27-19)7-6-20(21)17-4-5-22-23(9-17)30(15-28-22)11-16-2-1-3-18(25)8-16/h1-6,8-10,13-15H,7,11-12H2,(H,26,27).